The summed E-state index contributed by atoms with van der Waals surface area (Å²) < 4.78 is 35.4. The summed E-state index contributed by atoms with van der Waals surface area (Å²) in [4.78, 5) is 14.2. The quantitative estimate of drug-likeness (QED) is 0.765. The molecular formula is C18H25NO5S. The Kier molecular flexibility index (Phi) is 4.58. The lowest BCUT2D eigenvalue weighted by Gasteiger charge is -2.30. The summed E-state index contributed by atoms with van der Waals surface area (Å²) in [6.07, 6.45) is 1.33. The first kappa shape index (κ1) is 18.2. The third-order valence-electron chi connectivity index (χ3n) is 4.54. The SMILES string of the molecule is Cc1ccc(S(=O)(=O)OC[C@@H]2C[C@H]3C[C@H]3N2C(=O)OC(C)(C)C)cc1. The second-order valence-electron chi connectivity index (χ2n) is 7.89. The Labute approximate surface area is 149 Å². The number of aryl methyl sites for hydroxylation is 1. The van der Waals surface area contributed by atoms with E-state index >= 15 is 0 Å². The number of hydrogen-bond donors (Lipinski definition) is 0. The fourth-order valence-electron chi connectivity index (χ4n) is 3.25. The largest absolute Gasteiger partial charge is 0.444 e. The molecule has 0 aromatic heterocycles. The van der Waals surface area contributed by atoms with Crippen molar-refractivity contribution >= 4 is 16.2 Å². The number of nitrogens with zero attached hydrogens (tertiary/aromatic N) is 1. The van der Waals surface area contributed by atoms with Crippen molar-refractivity contribution in [1.82, 2.24) is 4.90 Å². The van der Waals surface area contributed by atoms with Gasteiger partial charge in [0, 0.05) is 6.04 Å². The molecule has 0 spiro atoms. The van der Waals surface area contributed by atoms with Crippen LogP contribution in [0.2, 0.25) is 0 Å². The van der Waals surface area contributed by atoms with Crippen LogP contribution in [0.3, 0.4) is 0 Å². The molecule has 0 unspecified atom stereocenters. The fraction of sp³-hybridized carbons (Fsp3) is 0.611. The van der Waals surface area contributed by atoms with Crippen molar-refractivity contribution in [3.8, 4) is 0 Å². The molecule has 1 saturated carbocycles. The maximum Gasteiger partial charge on any atom is 0.410 e. The van der Waals surface area contributed by atoms with E-state index in [0.717, 1.165) is 18.4 Å². The number of carbonyl (C=O) groups excluding carboxylic acids is 1. The first-order chi connectivity index (χ1) is 11.6. The van der Waals surface area contributed by atoms with Crippen LogP contribution >= 0.6 is 0 Å². The summed E-state index contributed by atoms with van der Waals surface area (Å²) in [7, 11) is -3.83. The normalized spacial score (nSPS) is 25.6. The van der Waals surface area contributed by atoms with Crippen LogP contribution in [-0.4, -0.2) is 43.7 Å². The second-order valence-corrected chi connectivity index (χ2v) is 9.51. The van der Waals surface area contributed by atoms with Crippen molar-refractivity contribution in [2.45, 2.75) is 63.1 Å². The van der Waals surface area contributed by atoms with Crippen molar-refractivity contribution in [3.05, 3.63) is 29.8 Å². The zero-order valence-corrected chi connectivity index (χ0v) is 15.9. The standard InChI is InChI=1S/C18H25NO5S/c1-12-5-7-15(8-6-12)25(21,22)23-11-14-9-13-10-16(13)19(14)17(20)24-18(2,3)4/h5-8,13-14,16H,9-11H2,1-4H3/t13-,14-,16+/m0/s1. The molecule has 0 radical (unpaired) electrons. The summed E-state index contributed by atoms with van der Waals surface area (Å²) in [5.74, 6) is 0.434. The third kappa shape index (κ3) is 4.15. The van der Waals surface area contributed by atoms with Gasteiger partial charge in [-0.05, 0) is 58.6 Å². The lowest BCUT2D eigenvalue weighted by molar-refractivity contribution is 0.0141. The van der Waals surface area contributed by atoms with Crippen LogP contribution in [0, 0.1) is 12.8 Å². The van der Waals surface area contributed by atoms with Crippen molar-refractivity contribution in [1.29, 1.82) is 0 Å². The number of ether oxygens (including phenoxy) is 1. The molecule has 6 nitrogen and oxygen atoms in total. The molecule has 1 aromatic carbocycles. The van der Waals surface area contributed by atoms with Gasteiger partial charge in [0.2, 0.25) is 0 Å². The van der Waals surface area contributed by atoms with E-state index in [4.69, 9.17) is 8.92 Å². The van der Waals surface area contributed by atoms with E-state index in [1.165, 1.54) is 12.1 Å². The Hall–Kier alpha value is -1.60. The summed E-state index contributed by atoms with van der Waals surface area (Å²) in [6.45, 7) is 7.30. The molecule has 138 valence electrons. The van der Waals surface area contributed by atoms with Gasteiger partial charge in [0.25, 0.3) is 10.1 Å². The zero-order valence-electron chi connectivity index (χ0n) is 15.1. The highest BCUT2D eigenvalue weighted by atomic mass is 32.2. The number of piperidine rings is 1. The maximum atomic E-state index is 12.4. The van der Waals surface area contributed by atoms with Crippen LogP contribution in [-0.2, 0) is 19.0 Å². The molecule has 1 amide bonds. The minimum atomic E-state index is -3.83. The summed E-state index contributed by atoms with van der Waals surface area (Å²) >= 11 is 0. The highest BCUT2D eigenvalue weighted by Gasteiger charge is 2.55. The first-order valence-corrected chi connectivity index (χ1v) is 9.95. The lowest BCUT2D eigenvalue weighted by Crippen LogP contribution is -2.44. The average molecular weight is 367 g/mol. The van der Waals surface area contributed by atoms with Gasteiger partial charge in [-0.25, -0.2) is 4.79 Å². The number of hydrogen-bond acceptors (Lipinski definition) is 5. The van der Waals surface area contributed by atoms with Gasteiger partial charge in [0.15, 0.2) is 0 Å². The molecule has 1 aliphatic carbocycles. The Morgan fingerprint density at radius 3 is 2.44 bits per heavy atom. The average Bonchev–Trinajstić information content (AvgIpc) is 3.14. The number of carbonyl (C=O) groups is 1. The van der Waals surface area contributed by atoms with Crippen LogP contribution < -0.4 is 0 Å². The molecule has 1 aliphatic heterocycles. The number of likely N-dealkylation sites (tertiary alicyclic amines) is 1. The molecule has 3 rings (SSSR count). The van der Waals surface area contributed by atoms with E-state index in [9.17, 15) is 13.2 Å². The third-order valence-corrected chi connectivity index (χ3v) is 5.84. The number of rotatable bonds is 4. The summed E-state index contributed by atoms with van der Waals surface area (Å²) in [6, 6.07) is 6.41. The molecule has 3 atom stereocenters. The second kappa shape index (κ2) is 6.29. The van der Waals surface area contributed by atoms with Crippen molar-refractivity contribution in [2.24, 2.45) is 5.92 Å². The number of fused-ring (bicyclic) bond motifs is 1. The highest BCUT2D eigenvalue weighted by Crippen LogP contribution is 2.48. The molecule has 25 heavy (non-hydrogen) atoms. The van der Waals surface area contributed by atoms with Gasteiger partial charge in [-0.1, -0.05) is 17.7 Å². The van der Waals surface area contributed by atoms with Crippen molar-refractivity contribution in [2.75, 3.05) is 6.61 Å². The lowest BCUT2D eigenvalue weighted by atomic mass is 10.2. The molecule has 1 heterocycles. The van der Waals surface area contributed by atoms with Crippen LogP contribution in [0.4, 0.5) is 4.79 Å². The van der Waals surface area contributed by atoms with Gasteiger partial charge < -0.3 is 4.74 Å². The van der Waals surface area contributed by atoms with E-state index in [-0.39, 0.29) is 29.7 Å². The molecule has 0 N–H and O–H groups in total. The van der Waals surface area contributed by atoms with Gasteiger partial charge in [-0.2, -0.15) is 8.42 Å². The fourth-order valence-corrected chi connectivity index (χ4v) is 4.19. The van der Waals surface area contributed by atoms with Crippen LogP contribution in [0.1, 0.15) is 39.2 Å². The molecule has 0 bridgehead atoms. The Morgan fingerprint density at radius 1 is 1.20 bits per heavy atom. The molecule has 7 heteroatoms. The molecule has 1 aromatic rings. The van der Waals surface area contributed by atoms with Crippen molar-refractivity contribution < 1.29 is 22.1 Å². The van der Waals surface area contributed by atoms with Gasteiger partial charge in [-0.3, -0.25) is 9.08 Å². The molecule has 1 saturated heterocycles. The van der Waals surface area contributed by atoms with E-state index in [1.807, 2.05) is 27.7 Å². The van der Waals surface area contributed by atoms with Gasteiger partial charge in [-0.15, -0.1) is 0 Å². The first-order valence-electron chi connectivity index (χ1n) is 8.54. The molecule has 2 fully saturated rings. The minimum Gasteiger partial charge on any atom is -0.444 e. The molecular weight excluding hydrogens is 342 g/mol. The van der Waals surface area contributed by atoms with Crippen LogP contribution in [0.5, 0.6) is 0 Å². The van der Waals surface area contributed by atoms with Gasteiger partial charge in [0.05, 0.1) is 17.5 Å². The predicted octanol–water partition coefficient (Wildman–Crippen LogP) is 3.10. The van der Waals surface area contributed by atoms with Gasteiger partial charge >= 0.3 is 6.09 Å². The number of amides is 1. The summed E-state index contributed by atoms with van der Waals surface area (Å²) in [5, 5.41) is 0. The Bertz CT molecular complexity index is 751. The van der Waals surface area contributed by atoms with E-state index in [2.05, 4.69) is 0 Å². The predicted molar refractivity (Wildman–Crippen MR) is 92.7 cm³/mol. The summed E-state index contributed by atoms with van der Waals surface area (Å²) in [5.41, 5.74) is 0.398. The van der Waals surface area contributed by atoms with E-state index in [1.54, 1.807) is 17.0 Å². The van der Waals surface area contributed by atoms with Crippen molar-refractivity contribution in [3.63, 3.8) is 0 Å². The Balaban J connectivity index is 1.66. The van der Waals surface area contributed by atoms with Crippen LogP contribution in [0.15, 0.2) is 29.2 Å². The van der Waals surface area contributed by atoms with E-state index in [0.29, 0.717) is 5.92 Å². The maximum absolute atomic E-state index is 12.4. The van der Waals surface area contributed by atoms with Crippen LogP contribution in [0.25, 0.3) is 0 Å². The smallest absolute Gasteiger partial charge is 0.410 e. The monoisotopic (exact) mass is 367 g/mol. The number of benzene rings is 1. The van der Waals surface area contributed by atoms with E-state index < -0.39 is 15.7 Å². The topological polar surface area (TPSA) is 72.9 Å². The van der Waals surface area contributed by atoms with Gasteiger partial charge in [0.1, 0.15) is 5.60 Å². The Morgan fingerprint density at radius 2 is 1.84 bits per heavy atom. The minimum absolute atomic E-state index is 0.0392. The highest BCUT2D eigenvalue weighted by molar-refractivity contribution is 7.86. The zero-order chi connectivity index (χ0) is 18.4. The molecule has 2 aliphatic rings.